The smallest absolute Gasteiger partial charge is 0.318 e. The van der Waals surface area contributed by atoms with Crippen LogP contribution >= 0.6 is 0 Å². The summed E-state index contributed by atoms with van der Waals surface area (Å²) in [6, 6.07) is -0.276. The van der Waals surface area contributed by atoms with Gasteiger partial charge in [0, 0.05) is 37.8 Å². The van der Waals surface area contributed by atoms with Gasteiger partial charge < -0.3 is 25.2 Å². The van der Waals surface area contributed by atoms with E-state index < -0.39 is 0 Å². The molecule has 0 unspecified atom stereocenters. The van der Waals surface area contributed by atoms with Crippen molar-refractivity contribution in [3.8, 4) is 0 Å². The van der Waals surface area contributed by atoms with Crippen LogP contribution in [0.4, 0.5) is 4.79 Å². The van der Waals surface area contributed by atoms with Crippen LogP contribution in [0, 0.1) is 5.41 Å². The van der Waals surface area contributed by atoms with Crippen LogP contribution in [0.25, 0.3) is 0 Å². The third-order valence-electron chi connectivity index (χ3n) is 4.04. The lowest BCUT2D eigenvalue weighted by Crippen LogP contribution is -2.29. The highest BCUT2D eigenvalue weighted by Gasteiger charge is 2.18. The van der Waals surface area contributed by atoms with E-state index in [0.29, 0.717) is 6.79 Å². The number of hydrogen-bond donors (Lipinski definition) is 3. The van der Waals surface area contributed by atoms with Crippen molar-refractivity contribution < 1.29 is 19.4 Å². The fourth-order valence-corrected chi connectivity index (χ4v) is 2.27. The zero-order chi connectivity index (χ0) is 27.3. The van der Waals surface area contributed by atoms with E-state index >= 15 is 0 Å². The topological polar surface area (TPSA) is 95.4 Å². The first-order valence-corrected chi connectivity index (χ1v) is 11.7. The van der Waals surface area contributed by atoms with Crippen LogP contribution in [-0.4, -0.2) is 49.4 Å². The molecular weight excluding hydrogens is 444 g/mol. The molecule has 2 aliphatic rings. The monoisotopic (exact) mass is 490 g/mol. The van der Waals surface area contributed by atoms with Crippen LogP contribution in [0.5, 0.6) is 0 Å². The number of amides is 2. The Hall–Kier alpha value is -3.26. The van der Waals surface area contributed by atoms with E-state index in [1.54, 1.807) is 31.7 Å². The van der Waals surface area contributed by atoms with E-state index in [4.69, 9.17) is 4.74 Å². The second kappa shape index (κ2) is 20.1. The first-order valence-electron chi connectivity index (χ1n) is 11.7. The maximum absolute atomic E-state index is 11.2. The van der Waals surface area contributed by atoms with Gasteiger partial charge in [-0.05, 0) is 31.6 Å². The van der Waals surface area contributed by atoms with Crippen molar-refractivity contribution in [3.63, 3.8) is 0 Å². The summed E-state index contributed by atoms with van der Waals surface area (Å²) in [4.78, 5) is 11.2. The Morgan fingerprint density at radius 2 is 1.97 bits per heavy atom. The minimum Gasteiger partial charge on any atom is -0.462 e. The second-order valence-electron chi connectivity index (χ2n) is 8.05. The van der Waals surface area contributed by atoms with Crippen molar-refractivity contribution >= 4 is 11.7 Å². The second-order valence-corrected chi connectivity index (χ2v) is 8.05. The minimum absolute atomic E-state index is 0.00647. The number of aliphatic hydroxyl groups excluding tert-OH is 1. The Morgan fingerprint density at radius 3 is 2.40 bits per heavy atom. The largest absolute Gasteiger partial charge is 0.462 e. The van der Waals surface area contributed by atoms with Gasteiger partial charge in [-0.25, -0.2) is 4.79 Å². The Morgan fingerprint density at radius 1 is 1.34 bits per heavy atom. The molecule has 1 heterocycles. The third kappa shape index (κ3) is 16.9. The molecule has 0 aromatic carbocycles. The molecule has 8 nitrogen and oxygen atoms in total. The Balaban J connectivity index is 0. The number of rotatable bonds is 5. The summed E-state index contributed by atoms with van der Waals surface area (Å²) in [6.45, 7) is 17.7. The van der Waals surface area contributed by atoms with E-state index in [2.05, 4.69) is 47.8 Å². The van der Waals surface area contributed by atoms with Gasteiger partial charge in [0.05, 0.1) is 12.3 Å². The number of hydrogen-bond acceptors (Lipinski definition) is 6. The molecule has 1 aliphatic heterocycles. The Bertz CT molecular complexity index is 800. The van der Waals surface area contributed by atoms with E-state index in [-0.39, 0.29) is 18.1 Å². The third-order valence-corrected chi connectivity index (χ3v) is 4.04. The van der Waals surface area contributed by atoms with E-state index in [9.17, 15) is 9.90 Å². The molecule has 2 rings (SSSR count). The van der Waals surface area contributed by atoms with Crippen LogP contribution in [0.3, 0.4) is 0 Å². The highest BCUT2D eigenvalue weighted by molar-refractivity contribution is 5.99. The standard InChI is InChI=1S/C18H28N4O2.C4H6O2.C3H6.C2H6/c1-18(2,3)16(10-11-20-17(24)19-4)21-22(5)15-9-7-6-8-14(12-15)13-23;1-4-2-5-3-6-4;1-3-2;1-2/h6-8,10-12,23H,9,13H2,1-5H3,(H2,19,20,24);2H,3H2,1H3;3H,1H2,2H3;1-2H3/b11-10+,21-16+;;;. The van der Waals surface area contributed by atoms with Crippen molar-refractivity contribution in [2.45, 2.75) is 54.9 Å². The zero-order valence-electron chi connectivity index (χ0n) is 23.0. The van der Waals surface area contributed by atoms with Crippen molar-refractivity contribution in [1.82, 2.24) is 15.6 Å². The predicted molar refractivity (Wildman–Crippen MR) is 146 cm³/mol. The molecule has 0 aromatic rings. The minimum atomic E-state index is -0.276. The lowest BCUT2D eigenvalue weighted by atomic mass is 9.90. The van der Waals surface area contributed by atoms with E-state index in [1.165, 1.54) is 0 Å². The number of carbonyl (C=O) groups is 1. The summed E-state index contributed by atoms with van der Waals surface area (Å²) in [5.74, 6) is 0.856. The normalized spacial score (nSPS) is 14.5. The number of hydrazone groups is 1. The fourth-order valence-electron chi connectivity index (χ4n) is 2.27. The molecule has 0 saturated carbocycles. The van der Waals surface area contributed by atoms with E-state index in [1.807, 2.05) is 64.1 Å². The van der Waals surface area contributed by atoms with Gasteiger partial charge in [0.1, 0.15) is 12.0 Å². The summed E-state index contributed by atoms with van der Waals surface area (Å²) < 4.78 is 9.46. The molecule has 0 fully saturated rings. The number of ether oxygens (including phenoxy) is 2. The maximum atomic E-state index is 11.2. The highest BCUT2D eigenvalue weighted by Crippen LogP contribution is 2.21. The SMILES string of the molecule is C=CC.CC.CC1=COCO1.CNC(=O)N/C=C/C(=N\N(C)C1=CC(CO)=CC=CC1)C(C)(C)C. The molecule has 1 aliphatic carbocycles. The molecule has 0 bridgehead atoms. The predicted octanol–water partition coefficient (Wildman–Crippen LogP) is 5.60. The zero-order valence-corrected chi connectivity index (χ0v) is 23.0. The van der Waals surface area contributed by atoms with Crippen molar-refractivity contribution in [2.75, 3.05) is 27.5 Å². The number of carbonyl (C=O) groups excluding carboxylic acids is 1. The number of aliphatic hydroxyl groups is 1. The number of nitrogens with one attached hydrogen (secondary N) is 2. The Labute approximate surface area is 212 Å². The van der Waals surface area contributed by atoms with Crippen LogP contribution in [0.2, 0.25) is 0 Å². The molecule has 2 amide bonds. The van der Waals surface area contributed by atoms with Gasteiger partial charge in [0.25, 0.3) is 0 Å². The first-order chi connectivity index (χ1) is 16.6. The summed E-state index contributed by atoms with van der Waals surface area (Å²) in [5.41, 5.74) is 2.46. The van der Waals surface area contributed by atoms with Crippen molar-refractivity contribution in [3.05, 3.63) is 72.5 Å². The maximum Gasteiger partial charge on any atom is 0.318 e. The van der Waals surface area contributed by atoms with E-state index in [0.717, 1.165) is 29.2 Å². The number of allylic oxidation sites excluding steroid dienone is 6. The molecule has 0 aromatic heterocycles. The van der Waals surface area contributed by atoms with Gasteiger partial charge in [-0.3, -0.25) is 5.01 Å². The van der Waals surface area contributed by atoms with Crippen LogP contribution < -0.4 is 10.6 Å². The van der Waals surface area contributed by atoms with Gasteiger partial charge >= 0.3 is 6.03 Å². The summed E-state index contributed by atoms with van der Waals surface area (Å²) >= 11 is 0. The molecule has 0 saturated heterocycles. The molecule has 35 heavy (non-hydrogen) atoms. The quantitative estimate of drug-likeness (QED) is 0.265. The first kappa shape index (κ1) is 33.9. The molecule has 0 radical (unpaired) electrons. The van der Waals surface area contributed by atoms with Gasteiger partial charge in [-0.1, -0.05) is 58.9 Å². The average Bonchev–Trinajstić information content (AvgIpc) is 3.17. The van der Waals surface area contributed by atoms with Gasteiger partial charge in [-0.2, -0.15) is 5.10 Å². The summed E-state index contributed by atoms with van der Waals surface area (Å²) in [5, 5.41) is 21.0. The molecule has 0 atom stereocenters. The molecule has 8 heteroatoms. The molecular formula is C27H46N4O4. The highest BCUT2D eigenvalue weighted by atomic mass is 16.7. The molecule has 3 N–H and O–H groups in total. The van der Waals surface area contributed by atoms with Crippen LogP contribution in [0.15, 0.2) is 77.6 Å². The lowest BCUT2D eigenvalue weighted by Gasteiger charge is -2.24. The molecule has 0 spiro atoms. The lowest BCUT2D eigenvalue weighted by molar-refractivity contribution is 0.0813. The Kier molecular flexibility index (Phi) is 19.5. The number of nitrogens with zero attached hydrogens (tertiary/aromatic N) is 2. The fraction of sp³-hybridized carbons (Fsp3) is 0.481. The van der Waals surface area contributed by atoms with Crippen LogP contribution in [-0.2, 0) is 9.47 Å². The van der Waals surface area contributed by atoms with Gasteiger partial charge in [0.2, 0.25) is 6.79 Å². The molecule has 198 valence electrons. The van der Waals surface area contributed by atoms with Crippen molar-refractivity contribution in [2.24, 2.45) is 10.5 Å². The number of urea groups is 1. The summed E-state index contributed by atoms with van der Waals surface area (Å²) in [6.07, 6.45) is 15.2. The summed E-state index contributed by atoms with van der Waals surface area (Å²) in [7, 11) is 3.44. The van der Waals surface area contributed by atoms with Crippen molar-refractivity contribution in [1.29, 1.82) is 0 Å². The van der Waals surface area contributed by atoms with Gasteiger partial charge in [0.15, 0.2) is 0 Å². The van der Waals surface area contributed by atoms with Gasteiger partial charge in [-0.15, -0.1) is 6.58 Å². The average molecular weight is 491 g/mol. The van der Waals surface area contributed by atoms with Crippen LogP contribution in [0.1, 0.15) is 54.9 Å².